The Morgan fingerprint density at radius 1 is 1.37 bits per heavy atom. The van der Waals surface area contributed by atoms with Gasteiger partial charge in [-0.1, -0.05) is 13.8 Å². The van der Waals surface area contributed by atoms with E-state index in [1.54, 1.807) is 14.2 Å². The van der Waals surface area contributed by atoms with Crippen LogP contribution in [0.25, 0.3) is 0 Å². The van der Waals surface area contributed by atoms with Crippen LogP contribution in [0, 0.1) is 0 Å². The fourth-order valence-corrected chi connectivity index (χ4v) is 3.16. The molecule has 5 heteroatoms. The number of halogens is 1. The number of rotatable bonds is 6. The first kappa shape index (κ1) is 15.8. The SMILES string of the molecule is COc1cc(CCC(=O)O)c(C(C)C)c(Br)c1OC. The highest BCUT2D eigenvalue weighted by Gasteiger charge is 2.20. The highest BCUT2D eigenvalue weighted by atomic mass is 79.9. The zero-order valence-electron chi connectivity index (χ0n) is 11.6. The van der Waals surface area contributed by atoms with Crippen LogP contribution in [0.1, 0.15) is 37.3 Å². The van der Waals surface area contributed by atoms with E-state index < -0.39 is 5.97 Å². The number of aliphatic carboxylic acids is 1. The summed E-state index contributed by atoms with van der Waals surface area (Å²) in [6.45, 7) is 4.13. The third-order valence-corrected chi connectivity index (χ3v) is 3.71. The minimum atomic E-state index is -0.805. The molecule has 0 aliphatic carbocycles. The molecule has 0 aromatic heterocycles. The Labute approximate surface area is 121 Å². The number of ether oxygens (including phenoxy) is 2. The number of aryl methyl sites for hydroxylation is 1. The number of hydrogen-bond donors (Lipinski definition) is 1. The summed E-state index contributed by atoms with van der Waals surface area (Å²) in [7, 11) is 3.16. The van der Waals surface area contributed by atoms with Crippen molar-refractivity contribution < 1.29 is 19.4 Å². The molecule has 0 heterocycles. The van der Waals surface area contributed by atoms with Crippen LogP contribution in [0.5, 0.6) is 11.5 Å². The molecule has 0 aliphatic rings. The monoisotopic (exact) mass is 330 g/mol. The van der Waals surface area contributed by atoms with Crippen LogP contribution in [-0.4, -0.2) is 25.3 Å². The van der Waals surface area contributed by atoms with E-state index >= 15 is 0 Å². The van der Waals surface area contributed by atoms with Crippen molar-refractivity contribution in [3.05, 3.63) is 21.7 Å². The van der Waals surface area contributed by atoms with Crippen molar-refractivity contribution in [1.29, 1.82) is 0 Å². The quantitative estimate of drug-likeness (QED) is 0.865. The van der Waals surface area contributed by atoms with Crippen molar-refractivity contribution >= 4 is 21.9 Å². The largest absolute Gasteiger partial charge is 0.493 e. The van der Waals surface area contributed by atoms with Gasteiger partial charge in [-0.25, -0.2) is 0 Å². The number of benzene rings is 1. The van der Waals surface area contributed by atoms with Crippen LogP contribution in [0.4, 0.5) is 0 Å². The molecule has 0 atom stereocenters. The Hall–Kier alpha value is -1.23. The third-order valence-electron chi connectivity index (χ3n) is 2.92. The van der Waals surface area contributed by atoms with Crippen LogP contribution in [0.2, 0.25) is 0 Å². The van der Waals surface area contributed by atoms with E-state index in [9.17, 15) is 4.79 Å². The highest BCUT2D eigenvalue weighted by Crippen LogP contribution is 2.42. The average molecular weight is 331 g/mol. The number of methoxy groups -OCH3 is 2. The van der Waals surface area contributed by atoms with Gasteiger partial charge in [-0.3, -0.25) is 4.79 Å². The summed E-state index contributed by atoms with van der Waals surface area (Å²) in [5, 5.41) is 8.83. The molecule has 1 rings (SSSR count). The lowest BCUT2D eigenvalue weighted by Gasteiger charge is -2.19. The number of carboxylic acid groups (broad SMARTS) is 1. The topological polar surface area (TPSA) is 55.8 Å². The van der Waals surface area contributed by atoms with E-state index in [4.69, 9.17) is 14.6 Å². The second kappa shape index (κ2) is 6.80. The Bertz CT molecular complexity index is 469. The number of carbonyl (C=O) groups is 1. The van der Waals surface area contributed by atoms with E-state index in [-0.39, 0.29) is 12.3 Å². The molecule has 0 spiro atoms. The highest BCUT2D eigenvalue weighted by molar-refractivity contribution is 9.10. The Balaban J connectivity index is 3.34. The molecule has 1 aromatic carbocycles. The summed E-state index contributed by atoms with van der Waals surface area (Å²) < 4.78 is 11.5. The molecule has 0 saturated carbocycles. The molecular formula is C14H19BrO4. The second-order valence-electron chi connectivity index (χ2n) is 4.55. The lowest BCUT2D eigenvalue weighted by atomic mass is 9.93. The summed E-state index contributed by atoms with van der Waals surface area (Å²) in [5.74, 6) is 0.711. The van der Waals surface area contributed by atoms with Gasteiger partial charge < -0.3 is 14.6 Å². The molecule has 1 aromatic rings. The van der Waals surface area contributed by atoms with Gasteiger partial charge in [0.25, 0.3) is 0 Å². The molecule has 0 radical (unpaired) electrons. The van der Waals surface area contributed by atoms with Gasteiger partial charge in [0.05, 0.1) is 18.7 Å². The second-order valence-corrected chi connectivity index (χ2v) is 5.34. The van der Waals surface area contributed by atoms with Crippen molar-refractivity contribution in [3.8, 4) is 11.5 Å². The van der Waals surface area contributed by atoms with E-state index in [2.05, 4.69) is 29.8 Å². The zero-order chi connectivity index (χ0) is 14.6. The standard InChI is InChI=1S/C14H19BrO4/c1-8(2)12-9(5-6-11(16)17)7-10(18-3)14(19-4)13(12)15/h7-8H,5-6H2,1-4H3,(H,16,17). The predicted octanol–water partition coefficient (Wildman–Crippen LogP) is 3.61. The summed E-state index contributed by atoms with van der Waals surface area (Å²) in [5.41, 5.74) is 2.04. The van der Waals surface area contributed by atoms with Crippen LogP contribution >= 0.6 is 15.9 Å². The summed E-state index contributed by atoms with van der Waals surface area (Å²) in [6.07, 6.45) is 0.573. The first-order chi connectivity index (χ1) is 8.92. The summed E-state index contributed by atoms with van der Waals surface area (Å²) >= 11 is 3.54. The number of carboxylic acids is 1. The average Bonchev–Trinajstić information content (AvgIpc) is 2.34. The first-order valence-electron chi connectivity index (χ1n) is 6.07. The lowest BCUT2D eigenvalue weighted by Crippen LogP contribution is -2.05. The minimum absolute atomic E-state index is 0.0989. The molecule has 19 heavy (non-hydrogen) atoms. The molecule has 0 bridgehead atoms. The first-order valence-corrected chi connectivity index (χ1v) is 6.86. The number of hydrogen-bond acceptors (Lipinski definition) is 3. The molecule has 0 aliphatic heterocycles. The summed E-state index contributed by atoms with van der Waals surface area (Å²) in [6, 6.07) is 1.86. The van der Waals surface area contributed by atoms with Gasteiger partial charge in [0.1, 0.15) is 0 Å². The zero-order valence-corrected chi connectivity index (χ0v) is 13.2. The van der Waals surface area contributed by atoms with Gasteiger partial charge in [-0.15, -0.1) is 0 Å². The minimum Gasteiger partial charge on any atom is -0.493 e. The van der Waals surface area contributed by atoms with Gasteiger partial charge in [-0.05, 0) is 45.5 Å². The Morgan fingerprint density at radius 2 is 2.00 bits per heavy atom. The summed E-state index contributed by atoms with van der Waals surface area (Å²) in [4.78, 5) is 10.7. The molecule has 0 amide bonds. The fourth-order valence-electron chi connectivity index (χ4n) is 2.09. The lowest BCUT2D eigenvalue weighted by molar-refractivity contribution is -0.136. The maximum absolute atomic E-state index is 10.7. The van der Waals surface area contributed by atoms with Crippen LogP contribution in [0.15, 0.2) is 10.5 Å². The Kier molecular flexibility index (Phi) is 5.66. The van der Waals surface area contributed by atoms with E-state index in [1.807, 2.05) is 6.07 Å². The Morgan fingerprint density at radius 3 is 2.42 bits per heavy atom. The molecular weight excluding hydrogens is 312 g/mol. The van der Waals surface area contributed by atoms with Crippen molar-refractivity contribution in [1.82, 2.24) is 0 Å². The molecule has 0 unspecified atom stereocenters. The maximum Gasteiger partial charge on any atom is 0.303 e. The third kappa shape index (κ3) is 3.62. The van der Waals surface area contributed by atoms with E-state index in [0.717, 1.165) is 15.6 Å². The molecule has 4 nitrogen and oxygen atoms in total. The van der Waals surface area contributed by atoms with Gasteiger partial charge in [-0.2, -0.15) is 0 Å². The van der Waals surface area contributed by atoms with Crippen molar-refractivity contribution in [2.75, 3.05) is 14.2 Å². The smallest absolute Gasteiger partial charge is 0.303 e. The van der Waals surface area contributed by atoms with Crippen molar-refractivity contribution in [2.45, 2.75) is 32.6 Å². The molecule has 0 fully saturated rings. The van der Waals surface area contributed by atoms with Crippen LogP contribution < -0.4 is 9.47 Å². The molecule has 1 N–H and O–H groups in total. The van der Waals surface area contributed by atoms with Gasteiger partial charge in [0, 0.05) is 6.42 Å². The van der Waals surface area contributed by atoms with Crippen LogP contribution in [-0.2, 0) is 11.2 Å². The van der Waals surface area contributed by atoms with Gasteiger partial charge in [0.15, 0.2) is 11.5 Å². The van der Waals surface area contributed by atoms with E-state index in [0.29, 0.717) is 17.9 Å². The van der Waals surface area contributed by atoms with Gasteiger partial charge >= 0.3 is 5.97 Å². The predicted molar refractivity (Wildman–Crippen MR) is 77.3 cm³/mol. The maximum atomic E-state index is 10.7. The van der Waals surface area contributed by atoms with Crippen LogP contribution in [0.3, 0.4) is 0 Å². The van der Waals surface area contributed by atoms with E-state index in [1.165, 1.54) is 0 Å². The fraction of sp³-hybridized carbons (Fsp3) is 0.500. The van der Waals surface area contributed by atoms with Crippen molar-refractivity contribution in [3.63, 3.8) is 0 Å². The normalized spacial score (nSPS) is 10.6. The van der Waals surface area contributed by atoms with Gasteiger partial charge in [0.2, 0.25) is 0 Å². The molecule has 0 saturated heterocycles. The van der Waals surface area contributed by atoms with Crippen molar-refractivity contribution in [2.24, 2.45) is 0 Å². The molecule has 106 valence electrons.